The molecule has 0 aromatic carbocycles. The molecule has 0 bridgehead atoms. The monoisotopic (exact) mass is 256 g/mol. The van der Waals surface area contributed by atoms with E-state index in [1.807, 2.05) is 0 Å². The van der Waals surface area contributed by atoms with Crippen LogP contribution in [0.25, 0.3) is 0 Å². The quantitative estimate of drug-likeness (QED) is 0.902. The normalized spacial score (nSPS) is 10.3. The van der Waals surface area contributed by atoms with Crippen molar-refractivity contribution in [2.75, 3.05) is 6.54 Å². The molecular weight excluding hydrogens is 244 g/mol. The number of carbonyl (C=O) groups excluding carboxylic acids is 1. The van der Waals surface area contributed by atoms with E-state index in [9.17, 15) is 4.79 Å². The highest BCUT2D eigenvalue weighted by Crippen LogP contribution is 2.07. The number of nitrogens with zero attached hydrogens (tertiary/aromatic N) is 1. The van der Waals surface area contributed by atoms with Crippen molar-refractivity contribution in [1.29, 1.82) is 0 Å². The number of rotatable bonds is 3. The Kier molecular flexibility index (Phi) is 4.07. The van der Waals surface area contributed by atoms with Crippen LogP contribution in [-0.2, 0) is 0 Å². The topological polar surface area (TPSA) is 42.0 Å². The molecule has 0 atom stereocenters. The van der Waals surface area contributed by atoms with Crippen molar-refractivity contribution >= 4 is 21.8 Å². The van der Waals surface area contributed by atoms with Crippen LogP contribution in [0.4, 0.5) is 0 Å². The van der Waals surface area contributed by atoms with Crippen molar-refractivity contribution in [2.45, 2.75) is 13.8 Å². The van der Waals surface area contributed by atoms with Crippen LogP contribution in [0.5, 0.6) is 0 Å². The third-order valence-corrected chi connectivity index (χ3v) is 2.10. The molecule has 76 valence electrons. The Morgan fingerprint density at radius 3 is 2.79 bits per heavy atom. The van der Waals surface area contributed by atoms with E-state index in [0.29, 0.717) is 18.2 Å². The van der Waals surface area contributed by atoms with Crippen LogP contribution in [0.3, 0.4) is 0 Å². The molecule has 0 aliphatic carbocycles. The van der Waals surface area contributed by atoms with E-state index in [1.165, 1.54) is 0 Å². The molecule has 3 nitrogen and oxygen atoms in total. The molecular formula is C10H13BrN2O. The summed E-state index contributed by atoms with van der Waals surface area (Å²) in [4.78, 5) is 15.5. The molecule has 0 spiro atoms. The summed E-state index contributed by atoms with van der Waals surface area (Å²) < 4.78 is 0.873. The van der Waals surface area contributed by atoms with E-state index in [1.54, 1.807) is 18.3 Å². The van der Waals surface area contributed by atoms with Gasteiger partial charge in [0, 0.05) is 17.2 Å². The van der Waals surface area contributed by atoms with E-state index in [2.05, 4.69) is 40.1 Å². The van der Waals surface area contributed by atoms with Gasteiger partial charge in [-0.15, -0.1) is 0 Å². The minimum Gasteiger partial charge on any atom is -0.350 e. The second-order valence-corrected chi connectivity index (χ2v) is 4.38. The van der Waals surface area contributed by atoms with E-state index in [-0.39, 0.29) is 5.91 Å². The molecule has 0 unspecified atom stereocenters. The SMILES string of the molecule is CC(C)CNC(=O)c1ccc(Br)cn1. The van der Waals surface area contributed by atoms with Crippen molar-refractivity contribution < 1.29 is 4.79 Å². The summed E-state index contributed by atoms with van der Waals surface area (Å²) in [7, 11) is 0. The summed E-state index contributed by atoms with van der Waals surface area (Å²) in [5, 5.41) is 2.80. The van der Waals surface area contributed by atoms with Crippen molar-refractivity contribution in [3.63, 3.8) is 0 Å². The van der Waals surface area contributed by atoms with Gasteiger partial charge < -0.3 is 5.32 Å². The highest BCUT2D eigenvalue weighted by molar-refractivity contribution is 9.10. The maximum atomic E-state index is 11.5. The standard InChI is InChI=1S/C10H13BrN2O/c1-7(2)5-13-10(14)9-4-3-8(11)6-12-9/h3-4,6-7H,5H2,1-2H3,(H,13,14). The maximum Gasteiger partial charge on any atom is 0.269 e. The highest BCUT2D eigenvalue weighted by Gasteiger charge is 2.06. The number of amides is 1. The first-order chi connectivity index (χ1) is 6.59. The number of carbonyl (C=O) groups is 1. The Morgan fingerprint density at radius 2 is 2.29 bits per heavy atom. The Hall–Kier alpha value is -0.900. The minimum absolute atomic E-state index is 0.119. The fourth-order valence-corrected chi connectivity index (χ4v) is 1.13. The van der Waals surface area contributed by atoms with Gasteiger partial charge in [0.25, 0.3) is 5.91 Å². The van der Waals surface area contributed by atoms with E-state index < -0.39 is 0 Å². The molecule has 0 radical (unpaired) electrons. The van der Waals surface area contributed by atoms with Crippen molar-refractivity contribution in [3.8, 4) is 0 Å². The second-order valence-electron chi connectivity index (χ2n) is 3.47. The Bertz CT molecular complexity index is 308. The van der Waals surface area contributed by atoms with Gasteiger partial charge in [0.05, 0.1) is 0 Å². The van der Waals surface area contributed by atoms with Crippen molar-refractivity contribution in [1.82, 2.24) is 10.3 Å². The fraction of sp³-hybridized carbons (Fsp3) is 0.400. The van der Waals surface area contributed by atoms with Gasteiger partial charge in [-0.3, -0.25) is 4.79 Å². The van der Waals surface area contributed by atoms with Crippen LogP contribution >= 0.6 is 15.9 Å². The molecule has 1 aromatic heterocycles. The third-order valence-electron chi connectivity index (χ3n) is 1.63. The third kappa shape index (κ3) is 3.46. The molecule has 1 N–H and O–H groups in total. The average molecular weight is 257 g/mol. The molecule has 1 aromatic rings. The first kappa shape index (κ1) is 11.2. The lowest BCUT2D eigenvalue weighted by Crippen LogP contribution is -2.27. The zero-order valence-electron chi connectivity index (χ0n) is 8.25. The summed E-state index contributed by atoms with van der Waals surface area (Å²) in [6.07, 6.45) is 1.62. The molecule has 0 aliphatic heterocycles. The van der Waals surface area contributed by atoms with Gasteiger partial charge in [-0.25, -0.2) is 4.98 Å². The molecule has 0 fully saturated rings. The van der Waals surface area contributed by atoms with Gasteiger partial charge in [0.1, 0.15) is 5.69 Å². The predicted molar refractivity (Wildman–Crippen MR) is 59.1 cm³/mol. The summed E-state index contributed by atoms with van der Waals surface area (Å²) >= 11 is 3.26. The highest BCUT2D eigenvalue weighted by atomic mass is 79.9. The van der Waals surface area contributed by atoms with Crippen molar-refractivity contribution in [3.05, 3.63) is 28.5 Å². The summed E-state index contributed by atoms with van der Waals surface area (Å²) in [5.41, 5.74) is 0.453. The first-order valence-electron chi connectivity index (χ1n) is 4.49. The van der Waals surface area contributed by atoms with Gasteiger partial charge in [-0.2, -0.15) is 0 Å². The molecule has 14 heavy (non-hydrogen) atoms. The smallest absolute Gasteiger partial charge is 0.269 e. The van der Waals surface area contributed by atoms with Crippen LogP contribution in [0.2, 0.25) is 0 Å². The molecule has 0 aliphatic rings. The summed E-state index contributed by atoms with van der Waals surface area (Å²) in [5.74, 6) is 0.334. The lowest BCUT2D eigenvalue weighted by molar-refractivity contribution is 0.0944. The summed E-state index contributed by atoms with van der Waals surface area (Å²) in [6.45, 7) is 4.78. The molecule has 0 saturated carbocycles. The molecule has 1 amide bonds. The van der Waals surface area contributed by atoms with Crippen LogP contribution < -0.4 is 5.32 Å². The van der Waals surface area contributed by atoms with Gasteiger partial charge in [-0.05, 0) is 34.0 Å². The number of aromatic nitrogens is 1. The fourth-order valence-electron chi connectivity index (χ4n) is 0.898. The average Bonchev–Trinajstić information content (AvgIpc) is 2.15. The number of hydrogen-bond donors (Lipinski definition) is 1. The Balaban J connectivity index is 2.57. The second kappa shape index (κ2) is 5.10. The Labute approximate surface area is 92.1 Å². The van der Waals surface area contributed by atoms with Gasteiger partial charge in [0.15, 0.2) is 0 Å². The Morgan fingerprint density at radius 1 is 1.57 bits per heavy atom. The zero-order valence-corrected chi connectivity index (χ0v) is 9.84. The van der Waals surface area contributed by atoms with Crippen LogP contribution in [-0.4, -0.2) is 17.4 Å². The van der Waals surface area contributed by atoms with Gasteiger partial charge >= 0.3 is 0 Å². The van der Waals surface area contributed by atoms with E-state index in [0.717, 1.165) is 4.47 Å². The van der Waals surface area contributed by atoms with Crippen LogP contribution in [0.1, 0.15) is 24.3 Å². The molecule has 4 heteroatoms. The minimum atomic E-state index is -0.119. The van der Waals surface area contributed by atoms with E-state index >= 15 is 0 Å². The molecule has 0 saturated heterocycles. The molecule has 1 heterocycles. The maximum absolute atomic E-state index is 11.5. The zero-order chi connectivity index (χ0) is 10.6. The predicted octanol–water partition coefficient (Wildman–Crippen LogP) is 2.23. The van der Waals surface area contributed by atoms with E-state index in [4.69, 9.17) is 0 Å². The van der Waals surface area contributed by atoms with Crippen molar-refractivity contribution in [2.24, 2.45) is 5.92 Å². The first-order valence-corrected chi connectivity index (χ1v) is 5.28. The van der Waals surface area contributed by atoms with Gasteiger partial charge in [-0.1, -0.05) is 13.8 Å². The lowest BCUT2D eigenvalue weighted by atomic mass is 10.2. The van der Waals surface area contributed by atoms with Crippen LogP contribution in [0, 0.1) is 5.92 Å². The van der Waals surface area contributed by atoms with Crippen LogP contribution in [0.15, 0.2) is 22.8 Å². The number of nitrogens with one attached hydrogen (secondary N) is 1. The number of hydrogen-bond acceptors (Lipinski definition) is 2. The number of pyridine rings is 1. The van der Waals surface area contributed by atoms with Gasteiger partial charge in [0.2, 0.25) is 0 Å². The lowest BCUT2D eigenvalue weighted by Gasteiger charge is -2.06. The largest absolute Gasteiger partial charge is 0.350 e. The molecule has 1 rings (SSSR count). The summed E-state index contributed by atoms with van der Waals surface area (Å²) in [6, 6.07) is 3.50. The number of halogens is 1.